The Bertz CT molecular complexity index is 680. The van der Waals surface area contributed by atoms with Crippen molar-refractivity contribution in [2.24, 2.45) is 11.7 Å². The zero-order valence-electron chi connectivity index (χ0n) is 13.6. The highest BCUT2D eigenvalue weighted by molar-refractivity contribution is 7.13. The van der Waals surface area contributed by atoms with Gasteiger partial charge in [-0.15, -0.1) is 11.3 Å². The molecule has 2 heterocycles. The molecule has 1 unspecified atom stereocenters. The molecule has 7 heteroatoms. The van der Waals surface area contributed by atoms with Gasteiger partial charge >= 0.3 is 0 Å². The van der Waals surface area contributed by atoms with Crippen LogP contribution in [0.15, 0.2) is 29.6 Å². The molecule has 1 atom stereocenters. The second-order valence-corrected chi connectivity index (χ2v) is 6.82. The number of anilines is 3. The van der Waals surface area contributed by atoms with Crippen molar-refractivity contribution in [1.82, 2.24) is 4.98 Å². The maximum absolute atomic E-state index is 12.3. The van der Waals surface area contributed by atoms with E-state index in [1.54, 1.807) is 11.3 Å². The highest BCUT2D eigenvalue weighted by Crippen LogP contribution is 2.23. The van der Waals surface area contributed by atoms with E-state index in [0.717, 1.165) is 35.0 Å². The molecule has 3 rings (SSSR count). The van der Waals surface area contributed by atoms with Crippen LogP contribution in [0, 0.1) is 12.8 Å². The van der Waals surface area contributed by atoms with Gasteiger partial charge in [0.1, 0.15) is 0 Å². The molecular formula is C17H22N4O2S. The average molecular weight is 346 g/mol. The minimum absolute atomic E-state index is 0.141. The van der Waals surface area contributed by atoms with Gasteiger partial charge in [0.05, 0.1) is 11.7 Å². The Kier molecular flexibility index (Phi) is 5.44. The molecule has 1 aliphatic rings. The zero-order valence-corrected chi connectivity index (χ0v) is 14.4. The van der Waals surface area contributed by atoms with Crippen LogP contribution in [0.5, 0.6) is 0 Å². The summed E-state index contributed by atoms with van der Waals surface area (Å²) in [6, 6.07) is 7.04. The normalized spacial score (nSPS) is 16.6. The van der Waals surface area contributed by atoms with Crippen LogP contribution in [-0.2, 0) is 9.53 Å². The number of ether oxygens (including phenoxy) is 1. The quantitative estimate of drug-likeness (QED) is 0.774. The number of benzene rings is 1. The second-order valence-electron chi connectivity index (χ2n) is 5.96. The molecule has 0 saturated carbocycles. The summed E-state index contributed by atoms with van der Waals surface area (Å²) in [7, 11) is 0. The van der Waals surface area contributed by atoms with Crippen LogP contribution in [-0.4, -0.2) is 30.1 Å². The Morgan fingerprint density at radius 1 is 1.29 bits per heavy atom. The molecule has 1 aliphatic heterocycles. The van der Waals surface area contributed by atoms with Crippen molar-refractivity contribution in [3.8, 4) is 0 Å². The number of amides is 1. The van der Waals surface area contributed by atoms with Gasteiger partial charge in [-0.25, -0.2) is 4.98 Å². The molecule has 6 nitrogen and oxygen atoms in total. The van der Waals surface area contributed by atoms with Crippen molar-refractivity contribution >= 4 is 33.8 Å². The SMILES string of the molecule is Cc1csc(Nc2ccc(NC(=O)C(N)C3CCOCC3)cc2)n1. The van der Waals surface area contributed by atoms with Crippen LogP contribution in [0.3, 0.4) is 0 Å². The van der Waals surface area contributed by atoms with Crippen LogP contribution >= 0.6 is 11.3 Å². The fraction of sp³-hybridized carbons (Fsp3) is 0.412. The van der Waals surface area contributed by atoms with Crippen molar-refractivity contribution in [2.45, 2.75) is 25.8 Å². The monoisotopic (exact) mass is 346 g/mol. The van der Waals surface area contributed by atoms with Gasteiger partial charge in [-0.05, 0) is 49.9 Å². The lowest BCUT2D eigenvalue weighted by Crippen LogP contribution is -2.43. The summed E-state index contributed by atoms with van der Waals surface area (Å²) in [5, 5.41) is 8.97. The summed E-state index contributed by atoms with van der Waals surface area (Å²) in [5.41, 5.74) is 8.75. The van der Waals surface area contributed by atoms with E-state index in [4.69, 9.17) is 10.5 Å². The smallest absolute Gasteiger partial charge is 0.241 e. The van der Waals surface area contributed by atoms with Crippen LogP contribution in [0.4, 0.5) is 16.5 Å². The summed E-state index contributed by atoms with van der Waals surface area (Å²) >= 11 is 1.56. The number of carbonyl (C=O) groups is 1. The van der Waals surface area contributed by atoms with E-state index in [0.29, 0.717) is 13.2 Å². The van der Waals surface area contributed by atoms with Crippen molar-refractivity contribution in [1.29, 1.82) is 0 Å². The first-order chi connectivity index (χ1) is 11.6. The number of hydrogen-bond acceptors (Lipinski definition) is 6. The first-order valence-corrected chi connectivity index (χ1v) is 8.93. The van der Waals surface area contributed by atoms with E-state index < -0.39 is 6.04 Å². The fourth-order valence-electron chi connectivity index (χ4n) is 2.69. The van der Waals surface area contributed by atoms with Crippen molar-refractivity contribution in [3.05, 3.63) is 35.3 Å². The van der Waals surface area contributed by atoms with Gasteiger partial charge in [-0.2, -0.15) is 0 Å². The molecule has 1 aromatic carbocycles. The zero-order chi connectivity index (χ0) is 16.9. The summed E-state index contributed by atoms with van der Waals surface area (Å²) in [6.07, 6.45) is 1.68. The van der Waals surface area contributed by atoms with Gasteiger partial charge in [0, 0.05) is 30.0 Å². The third-order valence-electron chi connectivity index (χ3n) is 4.10. The third-order valence-corrected chi connectivity index (χ3v) is 4.97. The Morgan fingerprint density at radius 3 is 2.58 bits per heavy atom. The van der Waals surface area contributed by atoms with Crippen molar-refractivity contribution in [2.75, 3.05) is 23.8 Å². The minimum Gasteiger partial charge on any atom is -0.381 e. The lowest BCUT2D eigenvalue weighted by atomic mass is 9.92. The van der Waals surface area contributed by atoms with Gasteiger partial charge < -0.3 is 21.1 Å². The standard InChI is InChI=1S/C17H22N4O2S/c1-11-10-24-17(19-11)21-14-4-2-13(3-5-14)20-16(22)15(18)12-6-8-23-9-7-12/h2-5,10,12,15H,6-9,18H2,1H3,(H,19,21)(H,20,22). The van der Waals surface area contributed by atoms with Crippen LogP contribution in [0.1, 0.15) is 18.5 Å². The van der Waals surface area contributed by atoms with E-state index in [1.807, 2.05) is 36.6 Å². The highest BCUT2D eigenvalue weighted by Gasteiger charge is 2.26. The summed E-state index contributed by atoms with van der Waals surface area (Å²) in [5.74, 6) is 0.0472. The number of aromatic nitrogens is 1. The van der Waals surface area contributed by atoms with Crippen LogP contribution in [0.2, 0.25) is 0 Å². The van der Waals surface area contributed by atoms with Crippen molar-refractivity contribution < 1.29 is 9.53 Å². The Morgan fingerprint density at radius 2 is 1.96 bits per heavy atom. The number of thiazole rings is 1. The van der Waals surface area contributed by atoms with E-state index in [2.05, 4.69) is 15.6 Å². The summed E-state index contributed by atoms with van der Waals surface area (Å²) < 4.78 is 5.31. The number of aryl methyl sites for hydroxylation is 1. The van der Waals surface area contributed by atoms with Crippen LogP contribution < -0.4 is 16.4 Å². The lowest BCUT2D eigenvalue weighted by Gasteiger charge is -2.26. The molecule has 0 spiro atoms. The second kappa shape index (κ2) is 7.74. The number of nitrogens with one attached hydrogen (secondary N) is 2. The van der Waals surface area contributed by atoms with E-state index >= 15 is 0 Å². The van der Waals surface area contributed by atoms with Gasteiger partial charge in [-0.3, -0.25) is 4.79 Å². The van der Waals surface area contributed by atoms with Gasteiger partial charge in [0.25, 0.3) is 0 Å². The number of carbonyl (C=O) groups excluding carboxylic acids is 1. The van der Waals surface area contributed by atoms with Gasteiger partial charge in [0.2, 0.25) is 5.91 Å². The van der Waals surface area contributed by atoms with Gasteiger partial charge in [-0.1, -0.05) is 0 Å². The molecule has 2 aromatic rings. The predicted octanol–water partition coefficient (Wildman–Crippen LogP) is 2.89. The number of nitrogens with two attached hydrogens (primary N) is 1. The van der Waals surface area contributed by atoms with Gasteiger partial charge in [0.15, 0.2) is 5.13 Å². The Labute approximate surface area is 145 Å². The number of nitrogens with zero attached hydrogens (tertiary/aromatic N) is 1. The van der Waals surface area contributed by atoms with E-state index in [9.17, 15) is 4.79 Å². The molecule has 0 aliphatic carbocycles. The molecule has 1 amide bonds. The Balaban J connectivity index is 1.56. The maximum atomic E-state index is 12.3. The molecule has 4 N–H and O–H groups in total. The first-order valence-electron chi connectivity index (χ1n) is 8.05. The van der Waals surface area contributed by atoms with E-state index in [-0.39, 0.29) is 11.8 Å². The molecule has 1 fully saturated rings. The Hall–Kier alpha value is -1.96. The fourth-order valence-corrected chi connectivity index (χ4v) is 3.39. The lowest BCUT2D eigenvalue weighted by molar-refractivity contribution is -0.119. The minimum atomic E-state index is -0.495. The summed E-state index contributed by atoms with van der Waals surface area (Å²) in [6.45, 7) is 3.33. The van der Waals surface area contributed by atoms with Crippen molar-refractivity contribution in [3.63, 3.8) is 0 Å². The molecule has 1 saturated heterocycles. The number of rotatable bonds is 5. The third kappa shape index (κ3) is 4.31. The van der Waals surface area contributed by atoms with Crippen LogP contribution in [0.25, 0.3) is 0 Å². The predicted molar refractivity (Wildman–Crippen MR) is 96.7 cm³/mol. The molecule has 1 aromatic heterocycles. The average Bonchev–Trinajstić information content (AvgIpc) is 3.01. The topological polar surface area (TPSA) is 89.3 Å². The molecule has 128 valence electrons. The number of hydrogen-bond donors (Lipinski definition) is 3. The highest BCUT2D eigenvalue weighted by atomic mass is 32.1. The molecule has 24 heavy (non-hydrogen) atoms. The maximum Gasteiger partial charge on any atom is 0.241 e. The summed E-state index contributed by atoms with van der Waals surface area (Å²) in [4.78, 5) is 16.7. The first kappa shape index (κ1) is 16.9. The molecule has 0 radical (unpaired) electrons. The van der Waals surface area contributed by atoms with E-state index in [1.165, 1.54) is 0 Å². The largest absolute Gasteiger partial charge is 0.381 e. The molecular weight excluding hydrogens is 324 g/mol. The molecule has 0 bridgehead atoms.